The molecule has 1 N–H and O–H groups in total. The van der Waals surface area contributed by atoms with Crippen molar-refractivity contribution in [2.75, 3.05) is 6.61 Å². The van der Waals surface area contributed by atoms with Crippen molar-refractivity contribution in [2.45, 2.75) is 44.9 Å². The molecule has 6 nitrogen and oxygen atoms in total. The van der Waals surface area contributed by atoms with Crippen molar-refractivity contribution in [3.05, 3.63) is 29.8 Å². The molecule has 0 aliphatic rings. The molecule has 0 amide bonds. The summed E-state index contributed by atoms with van der Waals surface area (Å²) in [6.45, 7) is 5.55. The molecule has 2 atom stereocenters. The Hall–Kier alpha value is -1.73. The van der Waals surface area contributed by atoms with Crippen LogP contribution in [0.4, 0.5) is 0 Å². The molecule has 1 aromatic rings. The Kier molecular flexibility index (Phi) is 6.07. The Morgan fingerprint density at radius 1 is 1.26 bits per heavy atom. The van der Waals surface area contributed by atoms with Gasteiger partial charge in [0.2, 0.25) is 0 Å². The fourth-order valence-corrected chi connectivity index (χ4v) is 2.77. The third-order valence-electron chi connectivity index (χ3n) is 4.10. The summed E-state index contributed by atoms with van der Waals surface area (Å²) in [6.07, 6.45) is 0.929. The first kappa shape index (κ1) is 19.3. The Morgan fingerprint density at radius 2 is 1.78 bits per heavy atom. The molecule has 0 bridgehead atoms. The third kappa shape index (κ3) is 4.39. The van der Waals surface area contributed by atoms with Gasteiger partial charge in [0, 0.05) is 0 Å². The number of hydrogen-bond acceptors (Lipinski definition) is 5. The van der Waals surface area contributed by atoms with Crippen LogP contribution in [0.1, 0.15) is 45.6 Å². The molecule has 23 heavy (non-hydrogen) atoms. The topological polar surface area (TPSA) is 97.7 Å². The van der Waals surface area contributed by atoms with Crippen LogP contribution in [0.3, 0.4) is 0 Å². The summed E-state index contributed by atoms with van der Waals surface area (Å²) in [5, 5.41) is 9.10. The second-order valence-corrected chi connectivity index (χ2v) is 7.40. The van der Waals surface area contributed by atoms with Gasteiger partial charge in [-0.1, -0.05) is 26.0 Å². The first-order chi connectivity index (χ1) is 10.5. The number of carbonyl (C=O) groups excluding carboxylic acids is 1. The number of carboxylic acid groups (broad SMARTS) is 1. The van der Waals surface area contributed by atoms with Crippen LogP contribution in [-0.4, -0.2) is 31.9 Å². The van der Waals surface area contributed by atoms with Gasteiger partial charge in [-0.25, -0.2) is 0 Å². The fraction of sp³-hybridized carbons (Fsp3) is 0.500. The largest absolute Gasteiger partial charge is 0.480 e. The predicted molar refractivity (Wildman–Crippen MR) is 84.7 cm³/mol. The molecular formula is C16H22O6S. The Morgan fingerprint density at radius 3 is 2.17 bits per heavy atom. The van der Waals surface area contributed by atoms with Crippen LogP contribution in [0.25, 0.3) is 0 Å². The van der Waals surface area contributed by atoms with E-state index in [4.69, 9.17) is 9.29 Å². The smallest absolute Gasteiger partial charge is 0.319 e. The van der Waals surface area contributed by atoms with Gasteiger partial charge >= 0.3 is 5.97 Å². The SMILES string of the molecule is CCC(C)c1ccc(S(=O)(=O)OCC(C)(C(C)=O)C(=O)O)cc1. The normalized spacial score (nSPS) is 15.7. The van der Waals surface area contributed by atoms with Crippen LogP contribution in [0.5, 0.6) is 0 Å². The van der Waals surface area contributed by atoms with Gasteiger partial charge in [0.05, 0.1) is 11.5 Å². The minimum absolute atomic E-state index is 0.0687. The lowest BCUT2D eigenvalue weighted by atomic mass is 9.88. The summed E-state index contributed by atoms with van der Waals surface area (Å²) in [4.78, 5) is 22.6. The van der Waals surface area contributed by atoms with Gasteiger partial charge in [-0.05, 0) is 43.9 Å². The molecule has 0 spiro atoms. The van der Waals surface area contributed by atoms with Crippen LogP contribution in [0.15, 0.2) is 29.2 Å². The van der Waals surface area contributed by atoms with Crippen molar-refractivity contribution in [3.8, 4) is 0 Å². The number of rotatable bonds is 8. The predicted octanol–water partition coefficient (Wildman–Crippen LogP) is 2.59. The molecule has 0 saturated heterocycles. The van der Waals surface area contributed by atoms with E-state index in [1.165, 1.54) is 12.1 Å². The number of aliphatic carboxylic acids is 1. The van der Waals surface area contributed by atoms with E-state index in [0.29, 0.717) is 5.92 Å². The molecule has 0 aliphatic carbocycles. The van der Waals surface area contributed by atoms with Crippen LogP contribution in [0, 0.1) is 5.41 Å². The minimum atomic E-state index is -4.13. The summed E-state index contributed by atoms with van der Waals surface area (Å²) in [5.74, 6) is -1.79. The molecule has 1 rings (SSSR count). The molecule has 1 aromatic carbocycles. The highest BCUT2D eigenvalue weighted by atomic mass is 32.2. The quantitative estimate of drug-likeness (QED) is 0.576. The van der Waals surface area contributed by atoms with Crippen molar-refractivity contribution in [1.82, 2.24) is 0 Å². The van der Waals surface area contributed by atoms with Gasteiger partial charge in [0.1, 0.15) is 11.2 Å². The number of benzene rings is 1. The average Bonchev–Trinajstić information content (AvgIpc) is 2.51. The molecule has 0 aromatic heterocycles. The molecule has 0 heterocycles. The molecule has 0 radical (unpaired) electrons. The zero-order valence-corrected chi connectivity index (χ0v) is 14.5. The van der Waals surface area contributed by atoms with Crippen LogP contribution < -0.4 is 0 Å². The maximum atomic E-state index is 12.1. The van der Waals surface area contributed by atoms with E-state index in [9.17, 15) is 18.0 Å². The average molecular weight is 342 g/mol. The Bertz CT molecular complexity index is 661. The highest BCUT2D eigenvalue weighted by molar-refractivity contribution is 7.86. The van der Waals surface area contributed by atoms with E-state index >= 15 is 0 Å². The zero-order valence-electron chi connectivity index (χ0n) is 13.7. The van der Waals surface area contributed by atoms with E-state index in [0.717, 1.165) is 25.8 Å². The van der Waals surface area contributed by atoms with Crippen LogP contribution in [0.2, 0.25) is 0 Å². The number of hydrogen-bond donors (Lipinski definition) is 1. The monoisotopic (exact) mass is 342 g/mol. The Balaban J connectivity index is 2.96. The van der Waals surface area contributed by atoms with E-state index in [1.54, 1.807) is 12.1 Å². The maximum absolute atomic E-state index is 12.1. The van der Waals surface area contributed by atoms with E-state index in [1.807, 2.05) is 13.8 Å². The lowest BCUT2D eigenvalue weighted by molar-refractivity contribution is -0.154. The Labute approximate surface area is 136 Å². The van der Waals surface area contributed by atoms with Gasteiger partial charge in [-0.15, -0.1) is 0 Å². The highest BCUT2D eigenvalue weighted by Gasteiger charge is 2.40. The first-order valence-electron chi connectivity index (χ1n) is 7.28. The molecule has 7 heteroatoms. The summed E-state index contributed by atoms with van der Waals surface area (Å²) in [7, 11) is -4.13. The first-order valence-corrected chi connectivity index (χ1v) is 8.69. The van der Waals surface area contributed by atoms with E-state index < -0.39 is 33.9 Å². The van der Waals surface area contributed by atoms with Crippen LogP contribution >= 0.6 is 0 Å². The van der Waals surface area contributed by atoms with Crippen molar-refractivity contribution < 1.29 is 27.3 Å². The van der Waals surface area contributed by atoms with Gasteiger partial charge < -0.3 is 5.11 Å². The molecular weight excluding hydrogens is 320 g/mol. The summed E-state index contributed by atoms with van der Waals surface area (Å²) in [6, 6.07) is 6.24. The second kappa shape index (κ2) is 7.23. The maximum Gasteiger partial charge on any atom is 0.319 e. The number of carboxylic acids is 1. The molecule has 0 aliphatic heterocycles. The molecule has 128 valence electrons. The van der Waals surface area contributed by atoms with Crippen molar-refractivity contribution >= 4 is 21.9 Å². The van der Waals surface area contributed by atoms with E-state index in [-0.39, 0.29) is 4.90 Å². The van der Waals surface area contributed by atoms with Gasteiger partial charge in [0.15, 0.2) is 0 Å². The lowest BCUT2D eigenvalue weighted by Crippen LogP contribution is -2.40. The molecule has 0 fully saturated rings. The number of Topliss-reactive ketones (excluding diaryl/α,β-unsaturated/α-hetero) is 1. The molecule has 2 unspecified atom stereocenters. The summed E-state index contributed by atoms with van der Waals surface area (Å²) >= 11 is 0. The van der Waals surface area contributed by atoms with Crippen molar-refractivity contribution in [2.24, 2.45) is 5.41 Å². The van der Waals surface area contributed by atoms with Crippen LogP contribution in [-0.2, 0) is 23.9 Å². The lowest BCUT2D eigenvalue weighted by Gasteiger charge is -2.20. The van der Waals surface area contributed by atoms with Gasteiger partial charge in [0.25, 0.3) is 10.1 Å². The standard InChI is InChI=1S/C16H22O6S/c1-5-11(2)13-6-8-14(9-7-13)23(20,21)22-10-16(4,12(3)17)15(18)19/h6-9,11H,5,10H2,1-4H3,(H,18,19). The third-order valence-corrected chi connectivity index (χ3v) is 5.38. The zero-order chi connectivity index (χ0) is 17.8. The summed E-state index contributed by atoms with van der Waals surface area (Å²) < 4.78 is 29.1. The number of carbonyl (C=O) groups is 2. The fourth-order valence-electron chi connectivity index (χ4n) is 1.78. The number of ketones is 1. The second-order valence-electron chi connectivity index (χ2n) is 5.79. The minimum Gasteiger partial charge on any atom is -0.480 e. The van der Waals surface area contributed by atoms with Gasteiger partial charge in [-0.3, -0.25) is 13.8 Å². The van der Waals surface area contributed by atoms with Gasteiger partial charge in [-0.2, -0.15) is 8.42 Å². The van der Waals surface area contributed by atoms with E-state index in [2.05, 4.69) is 0 Å². The highest BCUT2D eigenvalue weighted by Crippen LogP contribution is 2.24. The molecule has 0 saturated carbocycles. The van der Waals surface area contributed by atoms with Crippen molar-refractivity contribution in [3.63, 3.8) is 0 Å². The summed E-state index contributed by atoms with van der Waals surface area (Å²) in [5.41, 5.74) is -0.894. The van der Waals surface area contributed by atoms with Crippen molar-refractivity contribution in [1.29, 1.82) is 0 Å².